The predicted octanol–water partition coefficient (Wildman–Crippen LogP) is 15.7. The van der Waals surface area contributed by atoms with E-state index in [1.165, 1.54) is 32.4 Å². The van der Waals surface area contributed by atoms with Gasteiger partial charge in [0.15, 0.2) is 17.5 Å². The molecule has 0 bridgehead atoms. The normalized spacial score (nSPS) is 12.0. The van der Waals surface area contributed by atoms with Gasteiger partial charge in [0.2, 0.25) is 0 Å². The van der Waals surface area contributed by atoms with Gasteiger partial charge in [-0.1, -0.05) is 152 Å². The number of benzene rings is 10. The summed E-state index contributed by atoms with van der Waals surface area (Å²) in [6.07, 6.45) is 0. The zero-order valence-electron chi connectivity index (χ0n) is 34.7. The van der Waals surface area contributed by atoms with E-state index in [0.29, 0.717) is 23.1 Å². The minimum Gasteiger partial charge on any atom is -0.455 e. The lowest BCUT2D eigenvalue weighted by molar-refractivity contribution is 0.669. The molecule has 0 fully saturated rings. The van der Waals surface area contributed by atoms with Crippen LogP contribution >= 0.6 is 0 Å². The van der Waals surface area contributed by atoms with E-state index in [4.69, 9.17) is 23.8 Å². The SMILES string of the molecule is c1ccc(-n2c3ccccc3c3cccc(-c4ccc5c(c4)oc4c(-c6nc(-c7ccc8c(ccc9ccccc98)c7)nc(-c7cccc8c7oc7ccccc78)n6)cccc45)c32)cc1. The summed E-state index contributed by atoms with van der Waals surface area (Å²) in [6, 6.07) is 72.2. The summed E-state index contributed by atoms with van der Waals surface area (Å²) in [5, 5.41) is 11.2. The summed E-state index contributed by atoms with van der Waals surface area (Å²) in [4.78, 5) is 15.7. The zero-order chi connectivity index (χ0) is 42.6. The average molecular weight is 831 g/mol. The second-order valence-corrected chi connectivity index (χ2v) is 16.7. The van der Waals surface area contributed by atoms with Crippen LogP contribution in [0.1, 0.15) is 0 Å². The van der Waals surface area contributed by atoms with E-state index in [1.807, 2.05) is 36.4 Å². The molecule has 0 aliphatic rings. The topological polar surface area (TPSA) is 69.9 Å². The van der Waals surface area contributed by atoms with Crippen molar-refractivity contribution in [3.63, 3.8) is 0 Å². The number of fused-ring (bicyclic) bond motifs is 12. The number of hydrogen-bond donors (Lipinski definition) is 0. The third-order valence-corrected chi connectivity index (χ3v) is 13.0. The van der Waals surface area contributed by atoms with E-state index in [9.17, 15) is 0 Å². The quantitative estimate of drug-likeness (QED) is 0.162. The Bertz CT molecular complexity index is 4250. The monoisotopic (exact) mass is 830 g/mol. The molecule has 0 unspecified atom stereocenters. The molecule has 0 spiro atoms. The van der Waals surface area contributed by atoms with Crippen molar-refractivity contribution in [3.8, 4) is 51.0 Å². The van der Waals surface area contributed by atoms with Crippen molar-refractivity contribution in [3.05, 3.63) is 206 Å². The molecular formula is C59H34N4O2. The molecule has 65 heavy (non-hydrogen) atoms. The number of aromatic nitrogens is 4. The predicted molar refractivity (Wildman–Crippen MR) is 265 cm³/mol. The second kappa shape index (κ2) is 13.8. The lowest BCUT2D eigenvalue weighted by Crippen LogP contribution is -2.00. The van der Waals surface area contributed by atoms with Gasteiger partial charge in [0.05, 0.1) is 22.2 Å². The lowest BCUT2D eigenvalue weighted by Gasteiger charge is -2.11. The van der Waals surface area contributed by atoms with Crippen LogP contribution in [0.15, 0.2) is 215 Å². The van der Waals surface area contributed by atoms with Crippen molar-refractivity contribution in [2.24, 2.45) is 0 Å². The fourth-order valence-electron chi connectivity index (χ4n) is 10.1. The molecule has 0 saturated heterocycles. The number of para-hydroxylation sites is 6. The fraction of sp³-hybridized carbons (Fsp3) is 0. The third kappa shape index (κ3) is 5.44. The molecule has 10 aromatic carbocycles. The fourth-order valence-corrected chi connectivity index (χ4v) is 10.1. The van der Waals surface area contributed by atoms with Crippen molar-refractivity contribution in [2.75, 3.05) is 0 Å². The van der Waals surface area contributed by atoms with Crippen LogP contribution in [0.4, 0.5) is 0 Å². The van der Waals surface area contributed by atoms with Crippen molar-refractivity contribution in [2.45, 2.75) is 0 Å². The number of rotatable bonds is 5. The molecule has 302 valence electrons. The standard InChI is InChI=1S/C59H34N4O2/c1-2-14-39(15-3-1)63-51-25-8-6-17-43(51)46-20-10-19-42(54(46)63)37-29-32-45-48-22-12-24-50(56(48)65-53(45)34-37)59-61-57(38-30-31-41-36(33-38)28-27-35-13-4-5-16-40(35)41)60-58(62-59)49-23-11-21-47-44-18-7-9-26-52(44)64-55(47)49/h1-34H. The average Bonchev–Trinajstić information content (AvgIpc) is 4.06. The third-order valence-electron chi connectivity index (χ3n) is 13.0. The van der Waals surface area contributed by atoms with Gasteiger partial charge in [-0.3, -0.25) is 0 Å². The van der Waals surface area contributed by atoms with Gasteiger partial charge < -0.3 is 13.4 Å². The van der Waals surface area contributed by atoms with Gasteiger partial charge in [-0.05, 0) is 81.7 Å². The van der Waals surface area contributed by atoms with Crippen LogP contribution in [0.2, 0.25) is 0 Å². The van der Waals surface area contributed by atoms with Gasteiger partial charge in [-0.15, -0.1) is 0 Å². The first kappa shape index (κ1) is 35.7. The van der Waals surface area contributed by atoms with Gasteiger partial charge in [0.25, 0.3) is 0 Å². The molecule has 4 heterocycles. The smallest absolute Gasteiger partial charge is 0.167 e. The van der Waals surface area contributed by atoms with Crippen molar-refractivity contribution in [1.82, 2.24) is 19.5 Å². The maximum atomic E-state index is 6.96. The first-order valence-corrected chi connectivity index (χ1v) is 21.8. The number of furan rings is 2. The molecule has 6 heteroatoms. The Balaban J connectivity index is 0.971. The molecule has 6 nitrogen and oxygen atoms in total. The second-order valence-electron chi connectivity index (χ2n) is 16.7. The summed E-state index contributed by atoms with van der Waals surface area (Å²) >= 11 is 0. The van der Waals surface area contributed by atoms with E-state index in [-0.39, 0.29) is 0 Å². The van der Waals surface area contributed by atoms with E-state index >= 15 is 0 Å². The summed E-state index contributed by atoms with van der Waals surface area (Å²) in [7, 11) is 0. The molecule has 0 radical (unpaired) electrons. The molecule has 14 rings (SSSR count). The van der Waals surface area contributed by atoms with Gasteiger partial charge >= 0.3 is 0 Å². The minimum absolute atomic E-state index is 0.513. The Morgan fingerprint density at radius 2 is 0.877 bits per heavy atom. The number of hydrogen-bond acceptors (Lipinski definition) is 5. The molecule has 0 saturated carbocycles. The Morgan fingerprint density at radius 1 is 0.323 bits per heavy atom. The molecule has 0 N–H and O–H groups in total. The number of nitrogens with zero attached hydrogens (tertiary/aromatic N) is 4. The van der Waals surface area contributed by atoms with Crippen LogP contribution in [0.25, 0.3) is 138 Å². The molecule has 0 aliphatic heterocycles. The summed E-state index contributed by atoms with van der Waals surface area (Å²) in [5.41, 5.74) is 11.1. The molecule has 0 aliphatic carbocycles. The molecular weight excluding hydrogens is 797 g/mol. The van der Waals surface area contributed by atoms with E-state index in [1.54, 1.807) is 0 Å². The van der Waals surface area contributed by atoms with Crippen LogP contribution in [0.5, 0.6) is 0 Å². The Hall–Kier alpha value is -8.87. The Labute approximate surface area is 371 Å². The highest BCUT2D eigenvalue weighted by atomic mass is 16.3. The van der Waals surface area contributed by atoms with E-state index in [0.717, 1.165) is 82.7 Å². The van der Waals surface area contributed by atoms with E-state index < -0.39 is 0 Å². The summed E-state index contributed by atoms with van der Waals surface area (Å²) < 4.78 is 15.9. The van der Waals surface area contributed by atoms with E-state index in [2.05, 4.69) is 174 Å². The maximum Gasteiger partial charge on any atom is 0.167 e. The zero-order valence-corrected chi connectivity index (χ0v) is 34.7. The van der Waals surface area contributed by atoms with Crippen LogP contribution in [-0.4, -0.2) is 19.5 Å². The highest BCUT2D eigenvalue weighted by molar-refractivity contribution is 6.16. The molecule has 4 aromatic heterocycles. The summed E-state index contributed by atoms with van der Waals surface area (Å²) in [5.74, 6) is 1.59. The van der Waals surface area contributed by atoms with Crippen LogP contribution in [-0.2, 0) is 0 Å². The highest BCUT2D eigenvalue weighted by Gasteiger charge is 2.22. The molecule has 0 amide bonds. The Kier molecular flexibility index (Phi) is 7.59. The molecule has 14 aromatic rings. The first-order valence-electron chi connectivity index (χ1n) is 21.8. The Morgan fingerprint density at radius 3 is 1.68 bits per heavy atom. The van der Waals surface area contributed by atoms with Gasteiger partial charge in [0, 0.05) is 49.1 Å². The lowest BCUT2D eigenvalue weighted by atomic mass is 10.00. The van der Waals surface area contributed by atoms with Crippen molar-refractivity contribution < 1.29 is 8.83 Å². The maximum absolute atomic E-state index is 6.96. The van der Waals surface area contributed by atoms with Crippen LogP contribution in [0.3, 0.4) is 0 Å². The van der Waals surface area contributed by atoms with Gasteiger partial charge in [-0.2, -0.15) is 0 Å². The van der Waals surface area contributed by atoms with Crippen molar-refractivity contribution in [1.29, 1.82) is 0 Å². The molecule has 0 atom stereocenters. The highest BCUT2D eigenvalue weighted by Crippen LogP contribution is 2.42. The van der Waals surface area contributed by atoms with Gasteiger partial charge in [-0.25, -0.2) is 15.0 Å². The van der Waals surface area contributed by atoms with Crippen molar-refractivity contribution >= 4 is 87.2 Å². The first-order chi connectivity index (χ1) is 32.2. The largest absolute Gasteiger partial charge is 0.455 e. The van der Waals surface area contributed by atoms with Crippen LogP contribution in [0, 0.1) is 0 Å². The van der Waals surface area contributed by atoms with Crippen LogP contribution < -0.4 is 0 Å². The summed E-state index contributed by atoms with van der Waals surface area (Å²) in [6.45, 7) is 0. The van der Waals surface area contributed by atoms with Gasteiger partial charge in [0.1, 0.15) is 22.3 Å². The minimum atomic E-state index is 0.513.